The number of ether oxygens (including phenoxy) is 1. The van der Waals surface area contributed by atoms with E-state index in [1.165, 1.54) is 13.2 Å². The molecular weight excluding hydrogens is 479 g/mol. The average molecular weight is 497 g/mol. The first kappa shape index (κ1) is 24.3. The van der Waals surface area contributed by atoms with E-state index in [0.717, 1.165) is 45.8 Å². The fourth-order valence-electron chi connectivity index (χ4n) is 2.37. The third-order valence-electron chi connectivity index (χ3n) is 3.67. The minimum absolute atomic E-state index is 0.0316. The zero-order valence-corrected chi connectivity index (χ0v) is 19.3. The molecule has 14 heteroatoms. The van der Waals surface area contributed by atoms with Crippen LogP contribution in [0.5, 0.6) is 0 Å². The molecule has 1 heterocycles. The fraction of sp³-hybridized carbons (Fsp3) is 0.375. The van der Waals surface area contributed by atoms with Crippen molar-refractivity contribution in [2.75, 3.05) is 28.7 Å². The minimum atomic E-state index is -3.91. The first-order valence-corrected chi connectivity index (χ1v) is 12.4. The van der Waals surface area contributed by atoms with Gasteiger partial charge in [0.15, 0.2) is 4.34 Å². The second-order valence-corrected chi connectivity index (χ2v) is 10.3. The molecule has 1 aromatic heterocycles. The smallest absolute Gasteiger partial charge is 0.316 e. The number of nitrogens with zero attached hydrogens (tertiary/aromatic N) is 3. The van der Waals surface area contributed by atoms with Crippen LogP contribution in [0.25, 0.3) is 0 Å². The van der Waals surface area contributed by atoms with Gasteiger partial charge < -0.3 is 4.74 Å². The van der Waals surface area contributed by atoms with Gasteiger partial charge in [0.05, 0.1) is 29.8 Å². The Bertz CT molecular complexity index is 1030. The van der Waals surface area contributed by atoms with Gasteiger partial charge in [-0.3, -0.25) is 19.2 Å². The Hall–Kier alpha value is -1.96. The molecule has 0 aliphatic carbocycles. The highest BCUT2D eigenvalue weighted by atomic mass is 35.5. The van der Waals surface area contributed by atoms with E-state index >= 15 is 0 Å². The molecule has 0 spiro atoms. The lowest BCUT2D eigenvalue weighted by atomic mass is 10.2. The monoisotopic (exact) mass is 496 g/mol. The number of amides is 1. The van der Waals surface area contributed by atoms with Crippen LogP contribution >= 0.6 is 34.7 Å². The van der Waals surface area contributed by atoms with Crippen molar-refractivity contribution in [1.29, 1.82) is 0 Å². The van der Waals surface area contributed by atoms with Gasteiger partial charge in [0.1, 0.15) is 11.9 Å². The van der Waals surface area contributed by atoms with E-state index in [0.29, 0.717) is 4.34 Å². The normalized spacial score (nSPS) is 12.3. The number of benzene rings is 1. The number of halogens is 2. The van der Waals surface area contributed by atoms with Gasteiger partial charge in [-0.05, 0) is 24.6 Å². The number of methoxy groups -OCH3 is 1. The van der Waals surface area contributed by atoms with Crippen LogP contribution in [0.2, 0.25) is 5.02 Å². The lowest BCUT2D eigenvalue weighted by molar-refractivity contribution is -0.137. The summed E-state index contributed by atoms with van der Waals surface area (Å²) in [6.45, 7) is 1.63. The first-order valence-electron chi connectivity index (χ1n) is 8.35. The van der Waals surface area contributed by atoms with Gasteiger partial charge in [-0.2, -0.15) is 0 Å². The van der Waals surface area contributed by atoms with Crippen LogP contribution in [0.4, 0.5) is 15.2 Å². The summed E-state index contributed by atoms with van der Waals surface area (Å²) >= 11 is 7.89. The molecule has 0 radical (unpaired) electrons. The molecule has 0 fully saturated rings. The summed E-state index contributed by atoms with van der Waals surface area (Å²) in [6.07, 6.45) is 1.06. The predicted octanol–water partition coefficient (Wildman–Crippen LogP) is 2.78. The summed E-state index contributed by atoms with van der Waals surface area (Å²) in [5.41, 5.74) is 0.0532. The number of carbonyl (C=O) groups is 2. The molecule has 164 valence electrons. The van der Waals surface area contributed by atoms with Gasteiger partial charge in [0.2, 0.25) is 21.1 Å². The van der Waals surface area contributed by atoms with E-state index in [1.807, 2.05) is 0 Å². The van der Waals surface area contributed by atoms with E-state index in [-0.39, 0.29) is 28.0 Å². The van der Waals surface area contributed by atoms with Crippen molar-refractivity contribution in [2.45, 2.75) is 23.7 Å². The zero-order valence-electron chi connectivity index (χ0n) is 16.1. The Morgan fingerprint density at radius 3 is 2.67 bits per heavy atom. The minimum Gasteiger partial charge on any atom is -0.468 e. The number of sulfonamides is 1. The SMILES string of the molecule is CC[C@@H](C(=O)Nc1nnc(SCC(=O)OC)s1)N(c1ccc(F)c(Cl)c1)S(C)(=O)=O. The van der Waals surface area contributed by atoms with Crippen LogP contribution in [-0.4, -0.2) is 55.7 Å². The molecule has 1 N–H and O–H groups in total. The van der Waals surface area contributed by atoms with Gasteiger partial charge in [-0.1, -0.05) is 41.6 Å². The Kier molecular flexibility index (Phi) is 8.41. The quantitative estimate of drug-likeness (QED) is 0.320. The van der Waals surface area contributed by atoms with Gasteiger partial charge in [-0.25, -0.2) is 12.8 Å². The third kappa shape index (κ3) is 6.27. The number of carbonyl (C=O) groups excluding carboxylic acids is 2. The van der Waals surface area contributed by atoms with Crippen LogP contribution in [0.1, 0.15) is 13.3 Å². The highest BCUT2D eigenvalue weighted by Crippen LogP contribution is 2.29. The summed E-state index contributed by atoms with van der Waals surface area (Å²) in [5, 5.41) is 10.1. The Morgan fingerprint density at radius 2 is 2.10 bits per heavy atom. The molecule has 9 nitrogen and oxygen atoms in total. The van der Waals surface area contributed by atoms with E-state index in [4.69, 9.17) is 11.6 Å². The van der Waals surface area contributed by atoms with Gasteiger partial charge in [0, 0.05) is 0 Å². The predicted molar refractivity (Wildman–Crippen MR) is 114 cm³/mol. The van der Waals surface area contributed by atoms with E-state index < -0.39 is 33.8 Å². The summed E-state index contributed by atoms with van der Waals surface area (Å²) in [5.74, 6) is -1.76. The van der Waals surface area contributed by atoms with Crippen molar-refractivity contribution >= 4 is 67.4 Å². The van der Waals surface area contributed by atoms with E-state index in [2.05, 4.69) is 20.3 Å². The van der Waals surface area contributed by atoms with Crippen molar-refractivity contribution in [2.24, 2.45) is 0 Å². The maximum absolute atomic E-state index is 13.5. The molecule has 1 aromatic carbocycles. The molecule has 0 saturated heterocycles. The van der Waals surface area contributed by atoms with Crippen LogP contribution in [-0.2, 0) is 24.3 Å². The number of rotatable bonds is 9. The summed E-state index contributed by atoms with van der Waals surface area (Å²) < 4.78 is 44.1. The Morgan fingerprint density at radius 1 is 1.40 bits per heavy atom. The second-order valence-electron chi connectivity index (χ2n) is 5.81. The summed E-state index contributed by atoms with van der Waals surface area (Å²) in [6, 6.07) is 2.25. The van der Waals surface area contributed by atoms with Crippen molar-refractivity contribution in [3.8, 4) is 0 Å². The molecule has 2 rings (SSSR count). The highest BCUT2D eigenvalue weighted by molar-refractivity contribution is 8.01. The maximum atomic E-state index is 13.5. The van der Waals surface area contributed by atoms with Crippen LogP contribution in [0.15, 0.2) is 22.5 Å². The van der Waals surface area contributed by atoms with Gasteiger partial charge in [0.25, 0.3) is 0 Å². The molecule has 0 bridgehead atoms. The zero-order chi connectivity index (χ0) is 22.5. The molecule has 0 aliphatic rings. The molecule has 1 atom stereocenters. The summed E-state index contributed by atoms with van der Waals surface area (Å²) in [4.78, 5) is 24.0. The molecule has 1 amide bonds. The second kappa shape index (κ2) is 10.4. The first-order chi connectivity index (χ1) is 14.1. The van der Waals surface area contributed by atoms with Crippen molar-refractivity contribution < 1.29 is 27.1 Å². The van der Waals surface area contributed by atoms with Gasteiger partial charge >= 0.3 is 5.97 Å². The fourth-order valence-corrected chi connectivity index (χ4v) is 5.34. The van der Waals surface area contributed by atoms with Crippen molar-refractivity contribution in [3.63, 3.8) is 0 Å². The number of aromatic nitrogens is 2. The lowest BCUT2D eigenvalue weighted by Crippen LogP contribution is -2.47. The lowest BCUT2D eigenvalue weighted by Gasteiger charge is -2.29. The Labute approximate surface area is 186 Å². The topological polar surface area (TPSA) is 119 Å². The third-order valence-corrected chi connectivity index (χ3v) is 7.08. The average Bonchev–Trinajstić information content (AvgIpc) is 3.12. The van der Waals surface area contributed by atoms with E-state index in [9.17, 15) is 22.4 Å². The molecular formula is C16H18ClFN4O5S3. The van der Waals surface area contributed by atoms with E-state index in [1.54, 1.807) is 6.92 Å². The molecule has 0 saturated carbocycles. The molecule has 0 aliphatic heterocycles. The molecule has 2 aromatic rings. The number of esters is 1. The van der Waals surface area contributed by atoms with Crippen molar-refractivity contribution in [3.05, 3.63) is 29.0 Å². The maximum Gasteiger partial charge on any atom is 0.316 e. The Balaban J connectivity index is 2.23. The number of thioether (sulfide) groups is 1. The molecule has 0 unspecified atom stereocenters. The standard InChI is InChI=1S/C16H18ClFN4O5S3/c1-4-12(22(30(3,25)26)9-5-6-11(18)10(17)7-9)14(24)19-15-20-21-16(29-15)28-8-13(23)27-2/h5-7,12H,4,8H2,1-3H3,(H,19,20,24)/t12-/m0/s1. The number of anilines is 2. The van der Waals surface area contributed by atoms with Crippen molar-refractivity contribution in [1.82, 2.24) is 10.2 Å². The number of nitrogens with one attached hydrogen (secondary N) is 1. The largest absolute Gasteiger partial charge is 0.468 e. The summed E-state index contributed by atoms with van der Waals surface area (Å²) in [7, 11) is -2.64. The van der Waals surface area contributed by atoms with Crippen LogP contribution in [0.3, 0.4) is 0 Å². The molecule has 30 heavy (non-hydrogen) atoms. The number of hydrogen-bond acceptors (Lipinski definition) is 9. The number of hydrogen-bond donors (Lipinski definition) is 1. The van der Waals surface area contributed by atoms with Crippen LogP contribution in [0, 0.1) is 5.82 Å². The highest BCUT2D eigenvalue weighted by Gasteiger charge is 2.32. The van der Waals surface area contributed by atoms with Gasteiger partial charge in [-0.15, -0.1) is 10.2 Å². The van der Waals surface area contributed by atoms with Crippen LogP contribution < -0.4 is 9.62 Å².